The molecule has 4 N–H and O–H groups in total. The smallest absolute Gasteiger partial charge is 0.170 e. The van der Waals surface area contributed by atoms with Crippen molar-refractivity contribution < 1.29 is 10.2 Å². The van der Waals surface area contributed by atoms with E-state index in [2.05, 4.69) is 0 Å². The highest BCUT2D eigenvalue weighted by molar-refractivity contribution is 6.33. The van der Waals surface area contributed by atoms with Crippen molar-refractivity contribution in [2.75, 3.05) is 5.73 Å². The third-order valence-corrected chi connectivity index (χ3v) is 2.44. The summed E-state index contributed by atoms with van der Waals surface area (Å²) in [6.07, 6.45) is -2.74. The summed E-state index contributed by atoms with van der Waals surface area (Å²) in [6, 6.07) is 4.58. The molecular formula is C10H11ClN2O2. The molecule has 80 valence electrons. The van der Waals surface area contributed by atoms with Gasteiger partial charge in [-0.25, -0.2) is 0 Å². The topological polar surface area (TPSA) is 90.3 Å². The van der Waals surface area contributed by atoms with Crippen LogP contribution in [-0.4, -0.2) is 16.3 Å². The number of aliphatic hydroxyl groups is 2. The normalized spacial score (nSPS) is 14.3. The highest BCUT2D eigenvalue weighted by Gasteiger charge is 2.19. The summed E-state index contributed by atoms with van der Waals surface area (Å²) in [7, 11) is 0. The number of hydrogen-bond acceptors (Lipinski definition) is 4. The Balaban J connectivity index is 3.12. The molecule has 1 aromatic carbocycles. The Labute approximate surface area is 92.5 Å². The maximum atomic E-state index is 9.56. The first-order valence-electron chi connectivity index (χ1n) is 4.28. The molecule has 15 heavy (non-hydrogen) atoms. The number of nitriles is 1. The highest BCUT2D eigenvalue weighted by atomic mass is 35.5. The first-order valence-corrected chi connectivity index (χ1v) is 4.66. The molecule has 0 aliphatic carbocycles. The van der Waals surface area contributed by atoms with E-state index in [-0.39, 0.29) is 0 Å². The van der Waals surface area contributed by atoms with E-state index in [9.17, 15) is 5.11 Å². The molecule has 0 aliphatic rings. The Bertz CT molecular complexity index is 391. The zero-order valence-electron chi connectivity index (χ0n) is 8.11. The molecule has 5 heteroatoms. The highest BCUT2D eigenvalue weighted by Crippen LogP contribution is 2.28. The van der Waals surface area contributed by atoms with Gasteiger partial charge in [-0.05, 0) is 24.1 Å². The van der Waals surface area contributed by atoms with Crippen molar-refractivity contribution in [3.8, 4) is 6.07 Å². The monoisotopic (exact) mass is 226 g/mol. The van der Waals surface area contributed by atoms with Gasteiger partial charge in [0.15, 0.2) is 6.10 Å². The molecule has 2 unspecified atom stereocenters. The molecule has 0 bridgehead atoms. The molecule has 0 amide bonds. The van der Waals surface area contributed by atoms with Gasteiger partial charge in [-0.3, -0.25) is 0 Å². The Hall–Kier alpha value is -1.28. The Kier molecular flexibility index (Phi) is 3.53. The number of aryl methyl sites for hydroxylation is 1. The van der Waals surface area contributed by atoms with Crippen molar-refractivity contribution in [3.63, 3.8) is 0 Å². The van der Waals surface area contributed by atoms with Crippen LogP contribution < -0.4 is 5.73 Å². The van der Waals surface area contributed by atoms with Crippen LogP contribution in [0.4, 0.5) is 5.69 Å². The first kappa shape index (κ1) is 11.8. The summed E-state index contributed by atoms with van der Waals surface area (Å²) < 4.78 is 0. The minimum Gasteiger partial charge on any atom is -0.397 e. The van der Waals surface area contributed by atoms with Crippen LogP contribution in [0.1, 0.15) is 17.2 Å². The van der Waals surface area contributed by atoms with Gasteiger partial charge < -0.3 is 15.9 Å². The summed E-state index contributed by atoms with van der Waals surface area (Å²) in [5, 5.41) is 27.4. The van der Waals surface area contributed by atoms with Crippen LogP contribution in [0, 0.1) is 18.3 Å². The largest absolute Gasteiger partial charge is 0.397 e. The number of nitrogens with zero attached hydrogens (tertiary/aromatic N) is 1. The third-order valence-electron chi connectivity index (χ3n) is 2.13. The van der Waals surface area contributed by atoms with Crippen molar-refractivity contribution in [2.45, 2.75) is 19.1 Å². The van der Waals surface area contributed by atoms with Crippen LogP contribution >= 0.6 is 11.6 Å². The molecule has 2 atom stereocenters. The lowest BCUT2D eigenvalue weighted by molar-refractivity contribution is 0.0528. The Morgan fingerprint density at radius 2 is 2.07 bits per heavy atom. The molecule has 0 saturated heterocycles. The maximum Gasteiger partial charge on any atom is 0.170 e. The zero-order valence-corrected chi connectivity index (χ0v) is 8.86. The molecule has 1 rings (SSSR count). The van der Waals surface area contributed by atoms with E-state index in [0.29, 0.717) is 21.8 Å². The number of halogens is 1. The van der Waals surface area contributed by atoms with E-state index in [4.69, 9.17) is 27.7 Å². The molecule has 0 fully saturated rings. The minimum atomic E-state index is -1.47. The van der Waals surface area contributed by atoms with Crippen molar-refractivity contribution in [2.24, 2.45) is 0 Å². The minimum absolute atomic E-state index is 0.300. The average Bonchev–Trinajstić information content (AvgIpc) is 2.23. The van der Waals surface area contributed by atoms with E-state index < -0.39 is 12.2 Å². The Morgan fingerprint density at radius 1 is 1.47 bits per heavy atom. The summed E-state index contributed by atoms with van der Waals surface area (Å²) in [5.41, 5.74) is 7.12. The molecule has 0 saturated carbocycles. The van der Waals surface area contributed by atoms with Crippen LogP contribution in [0.15, 0.2) is 12.1 Å². The van der Waals surface area contributed by atoms with Crippen molar-refractivity contribution in [1.29, 1.82) is 5.26 Å². The average molecular weight is 227 g/mol. The fourth-order valence-corrected chi connectivity index (χ4v) is 1.48. The molecule has 0 aliphatic heterocycles. The molecule has 0 aromatic heterocycles. The molecule has 0 heterocycles. The second-order valence-corrected chi connectivity index (χ2v) is 3.66. The second kappa shape index (κ2) is 4.49. The van der Waals surface area contributed by atoms with Gasteiger partial charge in [0.05, 0.1) is 16.8 Å². The first-order chi connectivity index (χ1) is 6.97. The summed E-state index contributed by atoms with van der Waals surface area (Å²) >= 11 is 5.81. The number of hydrogen-bond donors (Lipinski definition) is 3. The predicted octanol–water partition coefficient (Wildman–Crippen LogP) is 1.15. The lowest BCUT2D eigenvalue weighted by Crippen LogP contribution is -2.16. The lowest BCUT2D eigenvalue weighted by Gasteiger charge is -2.14. The van der Waals surface area contributed by atoms with Crippen LogP contribution in [0.3, 0.4) is 0 Å². The Morgan fingerprint density at radius 3 is 2.53 bits per heavy atom. The number of nitrogens with two attached hydrogens (primary N) is 1. The molecule has 0 radical (unpaired) electrons. The number of benzene rings is 1. The predicted molar refractivity (Wildman–Crippen MR) is 57.2 cm³/mol. The summed E-state index contributed by atoms with van der Waals surface area (Å²) in [5.74, 6) is 0. The van der Waals surface area contributed by atoms with Crippen LogP contribution in [0.25, 0.3) is 0 Å². The van der Waals surface area contributed by atoms with Gasteiger partial charge in [-0.2, -0.15) is 5.26 Å². The third kappa shape index (κ3) is 2.39. The van der Waals surface area contributed by atoms with Gasteiger partial charge in [-0.15, -0.1) is 0 Å². The standard InChI is InChI=1S/C10H11ClN2O2/c1-5-2-6(3-7(11)9(5)13)10(15)8(14)4-12/h2-3,8,10,14-15H,13H2,1H3. The SMILES string of the molecule is Cc1cc(C(O)C(O)C#N)cc(Cl)c1N. The lowest BCUT2D eigenvalue weighted by atomic mass is 10.0. The van der Waals surface area contributed by atoms with Crippen molar-refractivity contribution in [1.82, 2.24) is 0 Å². The number of nitrogen functional groups attached to an aromatic ring is 1. The van der Waals surface area contributed by atoms with Gasteiger partial charge in [0.1, 0.15) is 6.10 Å². The quantitative estimate of drug-likeness (QED) is 0.521. The van der Waals surface area contributed by atoms with Crippen LogP contribution in [0.5, 0.6) is 0 Å². The van der Waals surface area contributed by atoms with Gasteiger partial charge >= 0.3 is 0 Å². The van der Waals surface area contributed by atoms with E-state index in [1.807, 2.05) is 0 Å². The maximum absolute atomic E-state index is 9.56. The van der Waals surface area contributed by atoms with E-state index >= 15 is 0 Å². The van der Waals surface area contributed by atoms with Gasteiger partial charge in [0.25, 0.3) is 0 Å². The summed E-state index contributed by atoms with van der Waals surface area (Å²) in [6.45, 7) is 1.73. The molecule has 4 nitrogen and oxygen atoms in total. The number of aliphatic hydroxyl groups excluding tert-OH is 2. The van der Waals surface area contributed by atoms with Crippen LogP contribution in [0.2, 0.25) is 5.02 Å². The number of anilines is 1. The molecular weight excluding hydrogens is 216 g/mol. The van der Waals surface area contributed by atoms with Gasteiger partial charge in [0.2, 0.25) is 0 Å². The van der Waals surface area contributed by atoms with Gasteiger partial charge in [-0.1, -0.05) is 17.7 Å². The van der Waals surface area contributed by atoms with Crippen molar-refractivity contribution in [3.05, 3.63) is 28.3 Å². The zero-order chi connectivity index (χ0) is 11.6. The second-order valence-electron chi connectivity index (χ2n) is 3.25. The summed E-state index contributed by atoms with van der Waals surface area (Å²) in [4.78, 5) is 0. The van der Waals surface area contributed by atoms with Gasteiger partial charge in [0, 0.05) is 0 Å². The van der Waals surface area contributed by atoms with E-state index in [0.717, 1.165) is 0 Å². The fraction of sp³-hybridized carbons (Fsp3) is 0.300. The molecule has 1 aromatic rings. The fourth-order valence-electron chi connectivity index (χ4n) is 1.21. The van der Waals surface area contributed by atoms with E-state index in [1.54, 1.807) is 19.1 Å². The van der Waals surface area contributed by atoms with E-state index in [1.165, 1.54) is 6.07 Å². The molecule has 0 spiro atoms. The number of rotatable bonds is 2. The van der Waals surface area contributed by atoms with Crippen LogP contribution in [-0.2, 0) is 0 Å². The van der Waals surface area contributed by atoms with Crippen molar-refractivity contribution >= 4 is 17.3 Å².